The molecule has 12 heteroatoms. The van der Waals surface area contributed by atoms with E-state index in [1.54, 1.807) is 0 Å². The number of nitrogens with one attached hydrogen (secondary N) is 3. The van der Waals surface area contributed by atoms with Crippen molar-refractivity contribution in [2.75, 3.05) is 11.2 Å². The molecule has 7 nitrogen and oxygen atoms in total. The molecule has 1 saturated heterocycles. The van der Waals surface area contributed by atoms with Crippen molar-refractivity contribution in [2.24, 2.45) is 0 Å². The van der Waals surface area contributed by atoms with Crippen LogP contribution in [0.1, 0.15) is 36.1 Å². The number of halogens is 3. The number of hydrogen-bond acceptors (Lipinski definition) is 5. The first-order valence-electron chi connectivity index (χ1n) is 14.0. The van der Waals surface area contributed by atoms with Gasteiger partial charge in [0.2, 0.25) is 5.91 Å². The van der Waals surface area contributed by atoms with Crippen LogP contribution in [0.15, 0.2) is 78.9 Å². The molecule has 1 heterocycles. The van der Waals surface area contributed by atoms with Crippen molar-refractivity contribution in [1.82, 2.24) is 15.5 Å². The smallest absolute Gasteiger partial charge is 0.381 e. The third-order valence-corrected chi connectivity index (χ3v) is 9.08. The molecule has 0 radical (unpaired) electrons. The molecule has 4 rings (SSSR count). The van der Waals surface area contributed by atoms with Crippen LogP contribution < -0.4 is 16.0 Å². The predicted molar refractivity (Wildman–Crippen MR) is 171 cm³/mol. The number of carbonyl (C=O) groups is 2. The number of amides is 2. The molecule has 1 fully saturated rings. The van der Waals surface area contributed by atoms with Gasteiger partial charge in [-0.05, 0) is 74.3 Å². The van der Waals surface area contributed by atoms with Crippen molar-refractivity contribution in [3.05, 3.63) is 101 Å². The molecule has 0 unspecified atom stereocenters. The number of anilines is 1. The van der Waals surface area contributed by atoms with Crippen molar-refractivity contribution >= 4 is 46.6 Å². The van der Waals surface area contributed by atoms with Crippen LogP contribution in [-0.4, -0.2) is 55.7 Å². The van der Waals surface area contributed by atoms with E-state index in [9.17, 15) is 27.9 Å². The highest BCUT2D eigenvalue weighted by molar-refractivity contribution is 8.00. The Morgan fingerprint density at radius 2 is 1.75 bits per heavy atom. The molecule has 4 N–H and O–H groups in total. The zero-order chi connectivity index (χ0) is 32.1. The van der Waals surface area contributed by atoms with Crippen molar-refractivity contribution in [3.63, 3.8) is 0 Å². The number of nitrogens with zero attached hydrogens (tertiary/aromatic N) is 1. The highest BCUT2D eigenvalue weighted by Crippen LogP contribution is 2.40. The molecule has 1 aliphatic rings. The minimum absolute atomic E-state index is 0.0687. The third kappa shape index (κ3) is 8.30. The van der Waals surface area contributed by atoms with Crippen LogP contribution in [-0.2, 0) is 28.7 Å². The molecule has 1 aliphatic heterocycles. The molecule has 234 valence electrons. The molecule has 2 amide bonds. The zero-order valence-electron chi connectivity index (χ0n) is 24.5. The van der Waals surface area contributed by atoms with Gasteiger partial charge in [-0.2, -0.15) is 13.2 Å². The first kappa shape index (κ1) is 33.3. The van der Waals surface area contributed by atoms with Crippen molar-refractivity contribution in [2.45, 2.75) is 62.8 Å². The van der Waals surface area contributed by atoms with Gasteiger partial charge in [0.15, 0.2) is 11.2 Å². The molecule has 3 atom stereocenters. The second-order valence-corrected chi connectivity index (χ2v) is 13.2. The normalized spacial score (nSPS) is 17.4. The standard InChI is InChI=1S/C32H35F3N4O3S2/c1-20-10-7-8-13-22(20)18-36-28(41)27-31(2,3)44-19-39(27)29(42)26(40)25(16-21-11-5-4-6-12-21)38-30(43)37-24-15-9-14-23(17-24)32(33,34)35/h4-15,17,25-27,40H,16,18-19H2,1-3H3,(H,36,41)(H2,37,38,43)/t25-,26-,27+/m0/s1. The maximum atomic E-state index is 13.9. The summed E-state index contributed by atoms with van der Waals surface area (Å²) < 4.78 is 39.0. The number of carbonyl (C=O) groups excluding carboxylic acids is 2. The fourth-order valence-corrected chi connectivity index (χ4v) is 6.47. The van der Waals surface area contributed by atoms with E-state index in [1.165, 1.54) is 28.8 Å². The Balaban J connectivity index is 1.52. The van der Waals surface area contributed by atoms with Gasteiger partial charge in [-0.3, -0.25) is 9.59 Å². The summed E-state index contributed by atoms with van der Waals surface area (Å²) in [7, 11) is 0. The van der Waals surface area contributed by atoms with Gasteiger partial charge < -0.3 is 26.0 Å². The van der Waals surface area contributed by atoms with E-state index in [0.717, 1.165) is 28.8 Å². The molecule has 0 aromatic heterocycles. The number of alkyl halides is 3. The summed E-state index contributed by atoms with van der Waals surface area (Å²) >= 11 is 6.82. The average Bonchev–Trinajstić information content (AvgIpc) is 3.30. The quantitative estimate of drug-likeness (QED) is 0.236. The molecule has 0 bridgehead atoms. The Hall–Kier alpha value is -3.61. The molecular weight excluding hydrogens is 610 g/mol. The number of aliphatic hydroxyl groups is 1. The summed E-state index contributed by atoms with van der Waals surface area (Å²) in [5.41, 5.74) is 2.03. The van der Waals surface area contributed by atoms with Gasteiger partial charge in [-0.1, -0.05) is 60.7 Å². The lowest BCUT2D eigenvalue weighted by molar-refractivity contribution is -0.147. The summed E-state index contributed by atoms with van der Waals surface area (Å²) in [4.78, 5) is 28.7. The van der Waals surface area contributed by atoms with Gasteiger partial charge in [0.1, 0.15) is 6.04 Å². The van der Waals surface area contributed by atoms with Gasteiger partial charge >= 0.3 is 6.18 Å². The number of aliphatic hydroxyl groups excluding tert-OH is 1. The van der Waals surface area contributed by atoms with E-state index in [2.05, 4.69) is 16.0 Å². The van der Waals surface area contributed by atoms with Crippen LogP contribution in [0.3, 0.4) is 0 Å². The topological polar surface area (TPSA) is 93.7 Å². The van der Waals surface area contributed by atoms with Gasteiger partial charge in [0, 0.05) is 17.0 Å². The Bertz CT molecular complexity index is 1490. The van der Waals surface area contributed by atoms with E-state index >= 15 is 0 Å². The lowest BCUT2D eigenvalue weighted by Crippen LogP contribution is -2.59. The van der Waals surface area contributed by atoms with Crippen LogP contribution in [0.4, 0.5) is 18.9 Å². The Kier molecular flexibility index (Phi) is 10.6. The summed E-state index contributed by atoms with van der Waals surface area (Å²) in [6.45, 7) is 6.00. The van der Waals surface area contributed by atoms with Crippen molar-refractivity contribution < 1.29 is 27.9 Å². The van der Waals surface area contributed by atoms with Crippen LogP contribution in [0.5, 0.6) is 0 Å². The number of hydrogen-bond donors (Lipinski definition) is 4. The summed E-state index contributed by atoms with van der Waals surface area (Å²) in [5, 5.41) is 20.0. The first-order chi connectivity index (χ1) is 20.8. The Labute approximate surface area is 264 Å². The summed E-state index contributed by atoms with van der Waals surface area (Å²) in [6, 6.07) is 19.5. The van der Waals surface area contributed by atoms with Crippen LogP contribution >= 0.6 is 24.0 Å². The zero-order valence-corrected chi connectivity index (χ0v) is 26.2. The lowest BCUT2D eigenvalue weighted by Gasteiger charge is -2.33. The van der Waals surface area contributed by atoms with Crippen molar-refractivity contribution in [3.8, 4) is 0 Å². The number of rotatable bonds is 9. The van der Waals surface area contributed by atoms with Crippen molar-refractivity contribution in [1.29, 1.82) is 0 Å². The summed E-state index contributed by atoms with van der Waals surface area (Å²) in [5.74, 6) is -0.802. The predicted octanol–water partition coefficient (Wildman–Crippen LogP) is 5.27. The molecule has 0 saturated carbocycles. The lowest BCUT2D eigenvalue weighted by atomic mass is 9.97. The van der Waals surface area contributed by atoms with E-state index in [0.29, 0.717) is 6.54 Å². The minimum Gasteiger partial charge on any atom is -0.381 e. The fourth-order valence-electron chi connectivity index (χ4n) is 5.06. The Morgan fingerprint density at radius 1 is 1.07 bits per heavy atom. The molecule has 3 aromatic rings. The number of thioether (sulfide) groups is 1. The molecule has 0 aliphatic carbocycles. The average molecular weight is 645 g/mol. The Morgan fingerprint density at radius 3 is 2.43 bits per heavy atom. The minimum atomic E-state index is -4.53. The summed E-state index contributed by atoms with van der Waals surface area (Å²) in [6.07, 6.45) is -5.99. The van der Waals surface area contributed by atoms with Gasteiger partial charge in [-0.15, -0.1) is 11.8 Å². The van der Waals surface area contributed by atoms with E-state index in [4.69, 9.17) is 12.2 Å². The van der Waals surface area contributed by atoms with E-state index < -0.39 is 40.6 Å². The first-order valence-corrected chi connectivity index (χ1v) is 15.4. The van der Waals surface area contributed by atoms with E-state index in [-0.39, 0.29) is 29.0 Å². The molecule has 44 heavy (non-hydrogen) atoms. The number of aryl methyl sites for hydroxylation is 1. The SMILES string of the molecule is Cc1ccccc1CNC(=O)[C@H]1N(C(=O)[C@@H](O)[C@H](Cc2ccccc2)NC(=S)Nc2cccc(C(F)(F)F)c2)CSC1(C)C. The monoisotopic (exact) mass is 644 g/mol. The third-order valence-electron chi connectivity index (χ3n) is 7.49. The van der Waals surface area contributed by atoms with Gasteiger partial charge in [0.05, 0.1) is 17.5 Å². The second-order valence-electron chi connectivity index (χ2n) is 11.1. The van der Waals surface area contributed by atoms with Gasteiger partial charge in [-0.25, -0.2) is 0 Å². The maximum absolute atomic E-state index is 13.9. The molecule has 0 spiro atoms. The van der Waals surface area contributed by atoms with Crippen LogP contribution in [0.2, 0.25) is 0 Å². The number of benzene rings is 3. The fraction of sp³-hybridized carbons (Fsp3) is 0.344. The second kappa shape index (κ2) is 14.0. The van der Waals surface area contributed by atoms with Gasteiger partial charge in [0.25, 0.3) is 5.91 Å². The highest BCUT2D eigenvalue weighted by atomic mass is 32.2. The number of thiocarbonyl (C=S) groups is 1. The molecular formula is C32H35F3N4O3S2. The maximum Gasteiger partial charge on any atom is 0.416 e. The highest BCUT2D eigenvalue weighted by Gasteiger charge is 2.49. The largest absolute Gasteiger partial charge is 0.416 e. The van der Waals surface area contributed by atoms with Crippen LogP contribution in [0.25, 0.3) is 0 Å². The molecule has 3 aromatic carbocycles. The van der Waals surface area contributed by atoms with Crippen LogP contribution in [0, 0.1) is 6.92 Å². The van der Waals surface area contributed by atoms with E-state index in [1.807, 2.05) is 75.4 Å².